The van der Waals surface area contributed by atoms with Gasteiger partial charge in [0.1, 0.15) is 0 Å². The number of aliphatic carboxylic acids is 1. The second-order valence-corrected chi connectivity index (χ2v) is 4.18. The molecule has 1 aromatic rings. The normalized spacial score (nSPS) is 9.42. The van der Waals surface area contributed by atoms with Crippen molar-refractivity contribution in [1.82, 2.24) is 0 Å². The number of benzene rings is 1. The van der Waals surface area contributed by atoms with Gasteiger partial charge in [0.2, 0.25) is 0 Å². The molecule has 3 heteroatoms. The summed E-state index contributed by atoms with van der Waals surface area (Å²) in [6.07, 6.45) is 12.2. The summed E-state index contributed by atoms with van der Waals surface area (Å²) in [5, 5.41) is 8.53. The largest absolute Gasteiger partial charge is 0.491 e. The number of aryl methyl sites for hydroxylation is 1. The van der Waals surface area contributed by atoms with Crippen LogP contribution in [0.15, 0.2) is 12.1 Å². The van der Waals surface area contributed by atoms with Crippen LogP contribution in [0.1, 0.15) is 36.0 Å². The minimum Gasteiger partial charge on any atom is -0.491 e. The second-order valence-electron chi connectivity index (χ2n) is 4.18. The Hall–Kier alpha value is -2.39. The molecule has 1 rings (SSSR count). The maximum absolute atomic E-state index is 10.4. The number of carboxylic acids is 1. The van der Waals surface area contributed by atoms with Crippen LogP contribution >= 0.6 is 0 Å². The van der Waals surface area contributed by atoms with E-state index in [1.54, 1.807) is 0 Å². The van der Waals surface area contributed by atoms with Gasteiger partial charge in [-0.3, -0.25) is 4.79 Å². The van der Waals surface area contributed by atoms with Gasteiger partial charge in [-0.05, 0) is 37.5 Å². The highest BCUT2D eigenvalue weighted by atomic mass is 16.5. The molecule has 0 aliphatic rings. The molecule has 19 heavy (non-hydrogen) atoms. The van der Waals surface area contributed by atoms with Crippen LogP contribution in [-0.4, -0.2) is 17.7 Å². The molecule has 0 bridgehead atoms. The molecule has 0 amide bonds. The van der Waals surface area contributed by atoms with Crippen LogP contribution in [0.2, 0.25) is 0 Å². The van der Waals surface area contributed by atoms with Gasteiger partial charge < -0.3 is 9.84 Å². The highest BCUT2D eigenvalue weighted by molar-refractivity contribution is 5.66. The lowest BCUT2D eigenvalue weighted by atomic mass is 10.1. The molecule has 3 nitrogen and oxygen atoms in total. The van der Waals surface area contributed by atoms with E-state index in [-0.39, 0.29) is 6.42 Å². The Bertz CT molecular complexity index is 509. The van der Waals surface area contributed by atoms with Crippen molar-refractivity contribution in [3.63, 3.8) is 0 Å². The topological polar surface area (TPSA) is 46.5 Å². The van der Waals surface area contributed by atoms with Crippen LogP contribution in [0.5, 0.6) is 5.75 Å². The van der Waals surface area contributed by atoms with Crippen LogP contribution in [0.4, 0.5) is 0 Å². The van der Waals surface area contributed by atoms with E-state index in [0.717, 1.165) is 5.56 Å². The van der Waals surface area contributed by atoms with Gasteiger partial charge in [0.25, 0.3) is 0 Å². The summed E-state index contributed by atoms with van der Waals surface area (Å²) in [5.74, 6) is 4.84. The summed E-state index contributed by atoms with van der Waals surface area (Å²) in [4.78, 5) is 10.4. The van der Waals surface area contributed by atoms with Crippen molar-refractivity contribution in [3.05, 3.63) is 28.8 Å². The molecule has 0 radical (unpaired) electrons. The van der Waals surface area contributed by atoms with Crippen molar-refractivity contribution in [1.29, 1.82) is 0 Å². The Morgan fingerprint density at radius 1 is 1.26 bits per heavy atom. The van der Waals surface area contributed by atoms with Gasteiger partial charge in [0.05, 0.1) is 17.7 Å². The van der Waals surface area contributed by atoms with E-state index in [0.29, 0.717) is 36.3 Å². The predicted molar refractivity (Wildman–Crippen MR) is 74.0 cm³/mol. The number of terminal acetylenes is 2. The molecule has 0 aliphatic heterocycles. The lowest BCUT2D eigenvalue weighted by Crippen LogP contribution is -2.03. The Morgan fingerprint density at radius 3 is 2.32 bits per heavy atom. The molecule has 0 aliphatic carbocycles. The highest BCUT2D eigenvalue weighted by Crippen LogP contribution is 2.25. The van der Waals surface area contributed by atoms with E-state index < -0.39 is 5.97 Å². The maximum atomic E-state index is 10.4. The SMILES string of the molecule is C#Cc1cc(C)cc(C#C)c1OCCCCC(=O)O. The van der Waals surface area contributed by atoms with Crippen molar-refractivity contribution in [3.8, 4) is 30.4 Å². The van der Waals surface area contributed by atoms with Gasteiger partial charge in [-0.25, -0.2) is 0 Å². The summed E-state index contributed by atoms with van der Waals surface area (Å²) < 4.78 is 5.61. The van der Waals surface area contributed by atoms with Gasteiger partial charge >= 0.3 is 5.97 Å². The minimum atomic E-state index is -0.802. The quantitative estimate of drug-likeness (QED) is 0.628. The van der Waals surface area contributed by atoms with Gasteiger partial charge in [-0.2, -0.15) is 0 Å². The van der Waals surface area contributed by atoms with Crippen LogP contribution in [0, 0.1) is 31.6 Å². The fourth-order valence-corrected chi connectivity index (χ4v) is 1.70. The molecule has 0 unspecified atom stereocenters. The average Bonchev–Trinajstić information content (AvgIpc) is 2.38. The van der Waals surface area contributed by atoms with Gasteiger partial charge in [-0.1, -0.05) is 11.8 Å². The van der Waals surface area contributed by atoms with Crippen LogP contribution in [-0.2, 0) is 4.79 Å². The summed E-state index contributed by atoms with van der Waals surface area (Å²) in [5.41, 5.74) is 2.25. The third-order valence-electron chi connectivity index (χ3n) is 2.58. The fraction of sp³-hybridized carbons (Fsp3) is 0.312. The highest BCUT2D eigenvalue weighted by Gasteiger charge is 2.08. The number of hydrogen-bond donors (Lipinski definition) is 1. The number of carbonyl (C=O) groups is 1. The molecule has 0 saturated carbocycles. The third-order valence-corrected chi connectivity index (χ3v) is 2.58. The van der Waals surface area contributed by atoms with Gasteiger partial charge in [-0.15, -0.1) is 12.8 Å². The molecule has 0 heterocycles. The number of ether oxygens (including phenoxy) is 1. The van der Waals surface area contributed by atoms with Crippen molar-refractivity contribution in [2.75, 3.05) is 6.61 Å². The van der Waals surface area contributed by atoms with Gasteiger partial charge in [0, 0.05) is 6.42 Å². The first-order valence-corrected chi connectivity index (χ1v) is 6.01. The van der Waals surface area contributed by atoms with E-state index in [1.165, 1.54) is 0 Å². The molecule has 98 valence electrons. The zero-order valence-corrected chi connectivity index (χ0v) is 10.9. The molecule has 0 spiro atoms. The second kappa shape index (κ2) is 7.13. The molecule has 0 saturated heterocycles. The number of unbranched alkanes of at least 4 members (excludes halogenated alkanes) is 1. The Kier molecular flexibility index (Phi) is 5.51. The lowest BCUT2D eigenvalue weighted by Gasteiger charge is -2.11. The van der Waals surface area contributed by atoms with E-state index in [2.05, 4.69) is 11.8 Å². The first kappa shape index (κ1) is 14.7. The van der Waals surface area contributed by atoms with Crippen molar-refractivity contribution < 1.29 is 14.6 Å². The lowest BCUT2D eigenvalue weighted by molar-refractivity contribution is -0.137. The van der Waals surface area contributed by atoms with E-state index in [9.17, 15) is 4.79 Å². The van der Waals surface area contributed by atoms with Crippen molar-refractivity contribution >= 4 is 5.97 Å². The van der Waals surface area contributed by atoms with Crippen molar-refractivity contribution in [2.45, 2.75) is 26.2 Å². The Morgan fingerprint density at radius 2 is 1.84 bits per heavy atom. The molecule has 0 fully saturated rings. The predicted octanol–water partition coefficient (Wildman–Crippen LogP) is 2.59. The molecule has 0 atom stereocenters. The third kappa shape index (κ3) is 4.41. The smallest absolute Gasteiger partial charge is 0.303 e. The first-order valence-electron chi connectivity index (χ1n) is 6.01. The Balaban J connectivity index is 2.70. The van der Waals surface area contributed by atoms with Gasteiger partial charge in [0.15, 0.2) is 5.75 Å². The van der Waals surface area contributed by atoms with Crippen LogP contribution in [0.3, 0.4) is 0 Å². The molecule has 0 aromatic heterocycles. The summed E-state index contributed by atoms with van der Waals surface area (Å²) in [7, 11) is 0. The number of carboxylic acid groups (broad SMARTS) is 1. The summed E-state index contributed by atoms with van der Waals surface area (Å²) >= 11 is 0. The average molecular weight is 256 g/mol. The molecule has 1 aromatic carbocycles. The maximum Gasteiger partial charge on any atom is 0.303 e. The Labute approximate surface area is 113 Å². The molecule has 1 N–H and O–H groups in total. The fourth-order valence-electron chi connectivity index (χ4n) is 1.70. The van der Waals surface area contributed by atoms with Crippen molar-refractivity contribution in [2.24, 2.45) is 0 Å². The number of rotatable bonds is 6. The zero-order valence-electron chi connectivity index (χ0n) is 10.9. The van der Waals surface area contributed by atoms with E-state index >= 15 is 0 Å². The number of hydrogen-bond acceptors (Lipinski definition) is 2. The van der Waals surface area contributed by atoms with Crippen LogP contribution in [0.25, 0.3) is 0 Å². The monoisotopic (exact) mass is 256 g/mol. The van der Waals surface area contributed by atoms with E-state index in [1.807, 2.05) is 19.1 Å². The standard InChI is InChI=1S/C16H16O3/c1-4-13-10-12(3)11-14(5-2)16(13)19-9-7-6-8-15(17)18/h1-2,10-11H,6-9H2,3H3,(H,17,18). The first-order chi connectivity index (χ1) is 9.08. The summed E-state index contributed by atoms with van der Waals surface area (Å²) in [6.45, 7) is 2.32. The molecular formula is C16H16O3. The van der Waals surface area contributed by atoms with Crippen LogP contribution < -0.4 is 4.74 Å². The zero-order chi connectivity index (χ0) is 14.3. The summed E-state index contributed by atoms with van der Waals surface area (Å²) in [6, 6.07) is 3.68. The minimum absolute atomic E-state index is 0.140. The molecular weight excluding hydrogens is 240 g/mol. The van der Waals surface area contributed by atoms with E-state index in [4.69, 9.17) is 22.7 Å².